The second-order valence-corrected chi connectivity index (χ2v) is 5.99. The largest absolute Gasteiger partial charge is 0.351 e. The van der Waals surface area contributed by atoms with E-state index >= 15 is 0 Å². The van der Waals surface area contributed by atoms with Crippen LogP contribution in [0, 0.1) is 5.92 Å². The lowest BCUT2D eigenvalue weighted by molar-refractivity contribution is -0.132. The van der Waals surface area contributed by atoms with Crippen molar-refractivity contribution < 1.29 is 9.59 Å². The van der Waals surface area contributed by atoms with Crippen molar-refractivity contribution in [2.24, 2.45) is 11.7 Å². The van der Waals surface area contributed by atoms with E-state index in [0.29, 0.717) is 30.3 Å². The summed E-state index contributed by atoms with van der Waals surface area (Å²) in [5.74, 6) is 0.569. The van der Waals surface area contributed by atoms with Gasteiger partial charge in [0.2, 0.25) is 5.91 Å². The molecule has 3 N–H and O–H groups in total. The SMILES string of the molecule is NCC1CCN(C(=O)CCNC(=O)c2cccs2)CC1. The van der Waals surface area contributed by atoms with E-state index in [1.54, 1.807) is 6.07 Å². The molecule has 20 heavy (non-hydrogen) atoms. The summed E-state index contributed by atoms with van der Waals surface area (Å²) in [6.07, 6.45) is 2.35. The Balaban J connectivity index is 1.67. The first-order chi connectivity index (χ1) is 9.70. The van der Waals surface area contributed by atoms with Crippen molar-refractivity contribution >= 4 is 23.2 Å². The summed E-state index contributed by atoms with van der Waals surface area (Å²) in [6.45, 7) is 2.68. The van der Waals surface area contributed by atoms with Gasteiger partial charge in [0.15, 0.2) is 0 Å². The number of amides is 2. The third kappa shape index (κ3) is 4.05. The van der Waals surface area contributed by atoms with Crippen molar-refractivity contribution in [1.29, 1.82) is 0 Å². The Morgan fingerprint density at radius 1 is 1.40 bits per heavy atom. The molecule has 0 aliphatic carbocycles. The first kappa shape index (κ1) is 15.0. The van der Waals surface area contributed by atoms with E-state index in [1.165, 1.54) is 11.3 Å². The second kappa shape index (κ2) is 7.40. The first-order valence-corrected chi connectivity index (χ1v) is 7.88. The lowest BCUT2D eigenvalue weighted by Gasteiger charge is -2.31. The van der Waals surface area contributed by atoms with Crippen LogP contribution in [-0.4, -0.2) is 42.9 Å². The Bertz CT molecular complexity index is 439. The number of thiophene rings is 1. The van der Waals surface area contributed by atoms with Crippen molar-refractivity contribution in [3.05, 3.63) is 22.4 Å². The van der Waals surface area contributed by atoms with Gasteiger partial charge in [0.25, 0.3) is 5.91 Å². The lowest BCUT2D eigenvalue weighted by atomic mass is 9.97. The number of nitrogens with one attached hydrogen (secondary N) is 1. The number of hydrogen-bond acceptors (Lipinski definition) is 4. The summed E-state index contributed by atoms with van der Waals surface area (Å²) >= 11 is 1.40. The molecule has 1 fully saturated rings. The van der Waals surface area contributed by atoms with Crippen LogP contribution in [0.3, 0.4) is 0 Å². The fourth-order valence-electron chi connectivity index (χ4n) is 2.35. The second-order valence-electron chi connectivity index (χ2n) is 5.04. The molecule has 0 atom stereocenters. The molecule has 2 heterocycles. The highest BCUT2D eigenvalue weighted by Gasteiger charge is 2.21. The highest BCUT2D eigenvalue weighted by molar-refractivity contribution is 7.12. The van der Waals surface area contributed by atoms with Crippen molar-refractivity contribution in [3.8, 4) is 0 Å². The Hall–Kier alpha value is -1.40. The monoisotopic (exact) mass is 295 g/mol. The van der Waals surface area contributed by atoms with Crippen LogP contribution in [0.5, 0.6) is 0 Å². The molecule has 0 radical (unpaired) electrons. The Morgan fingerprint density at radius 3 is 2.75 bits per heavy atom. The van der Waals surface area contributed by atoms with Crippen LogP contribution in [0.4, 0.5) is 0 Å². The zero-order chi connectivity index (χ0) is 14.4. The molecule has 110 valence electrons. The Kier molecular flexibility index (Phi) is 5.55. The standard InChI is InChI=1S/C14H21N3O2S/c15-10-11-4-7-17(8-5-11)13(18)3-6-16-14(19)12-2-1-9-20-12/h1-2,9,11H,3-8,10,15H2,(H,16,19). The average molecular weight is 295 g/mol. The smallest absolute Gasteiger partial charge is 0.261 e. The van der Waals surface area contributed by atoms with Gasteiger partial charge in [-0.2, -0.15) is 0 Å². The molecule has 1 aromatic heterocycles. The fraction of sp³-hybridized carbons (Fsp3) is 0.571. The third-order valence-electron chi connectivity index (χ3n) is 3.67. The minimum absolute atomic E-state index is 0.102. The molecule has 2 rings (SSSR count). The molecular formula is C14H21N3O2S. The molecule has 0 saturated carbocycles. The maximum atomic E-state index is 12.0. The molecule has 1 aliphatic heterocycles. The van der Waals surface area contributed by atoms with Crippen LogP contribution >= 0.6 is 11.3 Å². The average Bonchev–Trinajstić information content (AvgIpc) is 3.01. The van der Waals surface area contributed by atoms with Gasteiger partial charge in [-0.25, -0.2) is 0 Å². The van der Waals surface area contributed by atoms with Gasteiger partial charge in [-0.1, -0.05) is 6.07 Å². The quantitative estimate of drug-likeness (QED) is 0.853. The molecule has 0 unspecified atom stereocenters. The summed E-state index contributed by atoms with van der Waals surface area (Å²) in [5.41, 5.74) is 5.63. The number of carbonyl (C=O) groups excluding carboxylic acids is 2. The Labute approximate surface area is 123 Å². The fourth-order valence-corrected chi connectivity index (χ4v) is 2.99. The van der Waals surface area contributed by atoms with E-state index in [0.717, 1.165) is 25.9 Å². The minimum Gasteiger partial charge on any atom is -0.351 e. The molecule has 0 bridgehead atoms. The molecule has 1 aliphatic rings. The minimum atomic E-state index is -0.102. The van der Waals surface area contributed by atoms with Gasteiger partial charge in [-0.3, -0.25) is 9.59 Å². The molecule has 0 aromatic carbocycles. The van der Waals surface area contributed by atoms with E-state index in [1.807, 2.05) is 16.3 Å². The van der Waals surface area contributed by atoms with E-state index < -0.39 is 0 Å². The Morgan fingerprint density at radius 2 is 2.15 bits per heavy atom. The van der Waals surface area contributed by atoms with Crippen molar-refractivity contribution in [3.63, 3.8) is 0 Å². The van der Waals surface area contributed by atoms with Crippen LogP contribution in [0.15, 0.2) is 17.5 Å². The van der Waals surface area contributed by atoms with Gasteiger partial charge in [-0.15, -0.1) is 11.3 Å². The van der Waals surface area contributed by atoms with E-state index in [-0.39, 0.29) is 11.8 Å². The van der Waals surface area contributed by atoms with Gasteiger partial charge in [0.1, 0.15) is 0 Å². The molecule has 1 aromatic rings. The number of nitrogens with zero attached hydrogens (tertiary/aromatic N) is 1. The summed E-state index contributed by atoms with van der Waals surface area (Å²) in [6, 6.07) is 3.62. The number of likely N-dealkylation sites (tertiary alicyclic amines) is 1. The molecular weight excluding hydrogens is 274 g/mol. The van der Waals surface area contributed by atoms with Crippen LogP contribution in [0.2, 0.25) is 0 Å². The first-order valence-electron chi connectivity index (χ1n) is 7.00. The third-order valence-corrected chi connectivity index (χ3v) is 4.54. The summed E-state index contributed by atoms with van der Waals surface area (Å²) in [4.78, 5) is 26.3. The maximum Gasteiger partial charge on any atom is 0.261 e. The zero-order valence-electron chi connectivity index (χ0n) is 11.5. The highest BCUT2D eigenvalue weighted by Crippen LogP contribution is 2.16. The van der Waals surface area contributed by atoms with Gasteiger partial charge < -0.3 is 16.0 Å². The molecule has 1 saturated heterocycles. The molecule has 6 heteroatoms. The van der Waals surface area contributed by atoms with Crippen molar-refractivity contribution in [2.75, 3.05) is 26.2 Å². The summed E-state index contributed by atoms with van der Waals surface area (Å²) in [7, 11) is 0. The van der Waals surface area contributed by atoms with Crippen molar-refractivity contribution in [2.45, 2.75) is 19.3 Å². The van der Waals surface area contributed by atoms with Crippen LogP contribution in [0.1, 0.15) is 28.9 Å². The number of rotatable bonds is 5. The topological polar surface area (TPSA) is 75.4 Å². The highest BCUT2D eigenvalue weighted by atomic mass is 32.1. The van der Waals surface area contributed by atoms with E-state index in [2.05, 4.69) is 5.32 Å². The lowest BCUT2D eigenvalue weighted by Crippen LogP contribution is -2.41. The zero-order valence-corrected chi connectivity index (χ0v) is 12.3. The molecule has 5 nitrogen and oxygen atoms in total. The van der Waals surface area contributed by atoms with Crippen molar-refractivity contribution in [1.82, 2.24) is 10.2 Å². The predicted octanol–water partition coefficient (Wildman–Crippen LogP) is 1.07. The molecule has 0 spiro atoms. The van der Waals surface area contributed by atoms with Gasteiger partial charge >= 0.3 is 0 Å². The van der Waals surface area contributed by atoms with Crippen LogP contribution in [-0.2, 0) is 4.79 Å². The van der Waals surface area contributed by atoms with Gasteiger partial charge in [-0.05, 0) is 36.8 Å². The normalized spacial score (nSPS) is 16.1. The van der Waals surface area contributed by atoms with Crippen LogP contribution < -0.4 is 11.1 Å². The van der Waals surface area contributed by atoms with Gasteiger partial charge in [0, 0.05) is 26.1 Å². The van der Waals surface area contributed by atoms with Gasteiger partial charge in [0.05, 0.1) is 4.88 Å². The van der Waals surface area contributed by atoms with Crippen LogP contribution in [0.25, 0.3) is 0 Å². The van der Waals surface area contributed by atoms with E-state index in [4.69, 9.17) is 5.73 Å². The predicted molar refractivity (Wildman–Crippen MR) is 79.6 cm³/mol. The molecule has 2 amide bonds. The number of piperidine rings is 1. The number of nitrogens with two attached hydrogens (primary N) is 1. The number of hydrogen-bond donors (Lipinski definition) is 2. The number of carbonyl (C=O) groups is 2. The summed E-state index contributed by atoms with van der Waals surface area (Å²) < 4.78 is 0. The summed E-state index contributed by atoms with van der Waals surface area (Å²) in [5, 5.41) is 4.64. The van der Waals surface area contributed by atoms with E-state index in [9.17, 15) is 9.59 Å². The maximum absolute atomic E-state index is 12.0.